The third-order valence-electron chi connectivity index (χ3n) is 3.38. The molecule has 1 aromatic heterocycles. The van der Waals surface area contributed by atoms with Crippen LogP contribution >= 0.6 is 0 Å². The summed E-state index contributed by atoms with van der Waals surface area (Å²) in [6.07, 6.45) is -3.07. The molecule has 1 aliphatic heterocycles. The summed E-state index contributed by atoms with van der Waals surface area (Å²) in [5.74, 6) is 0.402. The van der Waals surface area contributed by atoms with Crippen LogP contribution in [0.25, 0.3) is 0 Å². The number of pyridine rings is 1. The van der Waals surface area contributed by atoms with Crippen molar-refractivity contribution in [2.45, 2.75) is 18.6 Å². The highest BCUT2D eigenvalue weighted by Crippen LogP contribution is 2.29. The minimum absolute atomic E-state index is 0.295. The number of nitrogens with zero attached hydrogens (tertiary/aromatic N) is 3. The van der Waals surface area contributed by atoms with E-state index in [9.17, 15) is 21.6 Å². The Labute approximate surface area is 127 Å². The van der Waals surface area contributed by atoms with Gasteiger partial charge in [-0.1, -0.05) is 0 Å². The highest BCUT2D eigenvalue weighted by molar-refractivity contribution is 7.87. The van der Waals surface area contributed by atoms with E-state index in [0.717, 1.165) is 16.6 Å². The average Bonchev–Trinajstić information content (AvgIpc) is 2.85. The Bertz CT molecular complexity index is 616. The van der Waals surface area contributed by atoms with Crippen molar-refractivity contribution in [2.24, 2.45) is 0 Å². The van der Waals surface area contributed by atoms with Gasteiger partial charge in [0.2, 0.25) is 0 Å². The summed E-state index contributed by atoms with van der Waals surface area (Å²) in [6.45, 7) is 0.893. The van der Waals surface area contributed by atoms with E-state index < -0.39 is 21.9 Å². The molecule has 1 atom stereocenters. The first-order chi connectivity index (χ1) is 10.1. The highest BCUT2D eigenvalue weighted by atomic mass is 32.2. The molecule has 1 saturated heterocycles. The molecule has 0 bridgehead atoms. The summed E-state index contributed by atoms with van der Waals surface area (Å²) in [6, 6.07) is 1.97. The normalized spacial score (nSPS) is 19.9. The Hall–Kier alpha value is -1.39. The van der Waals surface area contributed by atoms with Crippen LogP contribution in [0, 0.1) is 0 Å². The van der Waals surface area contributed by atoms with Gasteiger partial charge < -0.3 is 4.90 Å². The van der Waals surface area contributed by atoms with Crippen molar-refractivity contribution in [2.75, 3.05) is 32.1 Å². The summed E-state index contributed by atoms with van der Waals surface area (Å²) in [5, 5.41) is 0. The molecule has 1 aliphatic rings. The van der Waals surface area contributed by atoms with E-state index in [1.807, 2.05) is 0 Å². The molecule has 10 heteroatoms. The molecule has 22 heavy (non-hydrogen) atoms. The van der Waals surface area contributed by atoms with Crippen molar-refractivity contribution in [3.63, 3.8) is 0 Å². The fourth-order valence-electron chi connectivity index (χ4n) is 2.12. The van der Waals surface area contributed by atoms with Crippen molar-refractivity contribution in [3.8, 4) is 0 Å². The molecule has 1 unspecified atom stereocenters. The third-order valence-corrected chi connectivity index (χ3v) is 4.98. The highest BCUT2D eigenvalue weighted by Gasteiger charge is 2.32. The van der Waals surface area contributed by atoms with E-state index in [4.69, 9.17) is 0 Å². The Morgan fingerprint density at radius 1 is 1.36 bits per heavy atom. The van der Waals surface area contributed by atoms with E-state index >= 15 is 0 Å². The zero-order chi connectivity index (χ0) is 16.5. The van der Waals surface area contributed by atoms with E-state index in [0.29, 0.717) is 25.3 Å². The lowest BCUT2D eigenvalue weighted by Gasteiger charge is -2.19. The van der Waals surface area contributed by atoms with Crippen LogP contribution in [0.2, 0.25) is 0 Å². The molecule has 0 saturated carbocycles. The van der Waals surface area contributed by atoms with Crippen LogP contribution in [0.4, 0.5) is 19.0 Å². The van der Waals surface area contributed by atoms with Crippen molar-refractivity contribution < 1.29 is 21.6 Å². The number of hydrogen-bond acceptors (Lipinski definition) is 4. The third kappa shape index (κ3) is 3.87. The second kappa shape index (κ2) is 6.01. The first-order valence-electron chi connectivity index (χ1n) is 6.57. The molecular weight excluding hydrogens is 321 g/mol. The van der Waals surface area contributed by atoms with E-state index in [1.54, 1.807) is 4.90 Å². The molecule has 124 valence electrons. The van der Waals surface area contributed by atoms with E-state index in [-0.39, 0.29) is 6.04 Å². The van der Waals surface area contributed by atoms with Crippen LogP contribution in [-0.4, -0.2) is 50.9 Å². The largest absolute Gasteiger partial charge is 0.417 e. The van der Waals surface area contributed by atoms with Gasteiger partial charge in [-0.2, -0.15) is 30.6 Å². The number of alkyl halides is 3. The van der Waals surface area contributed by atoms with Gasteiger partial charge in [0.1, 0.15) is 5.82 Å². The average molecular weight is 338 g/mol. The SMILES string of the molecule is CN(C)S(=O)(=O)NC1CCN(c2ccc(C(F)(F)F)cn2)C1. The lowest BCUT2D eigenvalue weighted by atomic mass is 10.3. The first-order valence-corrected chi connectivity index (χ1v) is 8.01. The van der Waals surface area contributed by atoms with Gasteiger partial charge in [-0.05, 0) is 18.6 Å². The van der Waals surface area contributed by atoms with Crippen LogP contribution < -0.4 is 9.62 Å². The number of rotatable bonds is 4. The predicted molar refractivity (Wildman–Crippen MR) is 75.6 cm³/mol. The summed E-state index contributed by atoms with van der Waals surface area (Å²) < 4.78 is 64.6. The molecule has 2 rings (SSSR count). The molecule has 0 radical (unpaired) electrons. The quantitative estimate of drug-likeness (QED) is 0.892. The second-order valence-electron chi connectivity index (χ2n) is 5.24. The van der Waals surface area contributed by atoms with E-state index in [1.165, 1.54) is 20.2 Å². The first kappa shape index (κ1) is 17.0. The Kier molecular flexibility index (Phi) is 4.64. The standard InChI is InChI=1S/C12H17F3N4O2S/c1-18(2)22(20,21)17-10-5-6-19(8-10)11-4-3-9(7-16-11)12(13,14)15/h3-4,7,10,17H,5-6,8H2,1-2H3. The molecule has 0 amide bonds. The van der Waals surface area contributed by atoms with Gasteiger partial charge in [0.25, 0.3) is 10.2 Å². The van der Waals surface area contributed by atoms with Gasteiger partial charge in [0, 0.05) is 39.4 Å². The molecule has 1 aromatic rings. The maximum Gasteiger partial charge on any atom is 0.417 e. The minimum Gasteiger partial charge on any atom is -0.355 e. The smallest absolute Gasteiger partial charge is 0.355 e. The molecular formula is C12H17F3N4O2S. The Morgan fingerprint density at radius 2 is 2.05 bits per heavy atom. The van der Waals surface area contributed by atoms with Crippen LogP contribution in [0.3, 0.4) is 0 Å². The van der Waals surface area contributed by atoms with Crippen LogP contribution in [-0.2, 0) is 16.4 Å². The van der Waals surface area contributed by atoms with Crippen molar-refractivity contribution in [3.05, 3.63) is 23.9 Å². The fraction of sp³-hybridized carbons (Fsp3) is 0.583. The Morgan fingerprint density at radius 3 is 2.55 bits per heavy atom. The maximum absolute atomic E-state index is 12.5. The zero-order valence-electron chi connectivity index (χ0n) is 12.1. The monoisotopic (exact) mass is 338 g/mol. The van der Waals surface area contributed by atoms with Crippen molar-refractivity contribution in [1.82, 2.24) is 14.0 Å². The maximum atomic E-state index is 12.5. The topological polar surface area (TPSA) is 65.5 Å². The van der Waals surface area contributed by atoms with Gasteiger partial charge in [0.05, 0.1) is 5.56 Å². The van der Waals surface area contributed by atoms with Gasteiger partial charge in [-0.3, -0.25) is 0 Å². The van der Waals surface area contributed by atoms with Gasteiger partial charge in [0.15, 0.2) is 0 Å². The van der Waals surface area contributed by atoms with Crippen LogP contribution in [0.15, 0.2) is 18.3 Å². The Balaban J connectivity index is 2.02. The summed E-state index contributed by atoms with van der Waals surface area (Å²) >= 11 is 0. The molecule has 1 fully saturated rings. The van der Waals surface area contributed by atoms with E-state index in [2.05, 4.69) is 9.71 Å². The molecule has 0 spiro atoms. The molecule has 6 nitrogen and oxygen atoms in total. The molecule has 0 aromatic carbocycles. The van der Waals surface area contributed by atoms with Crippen molar-refractivity contribution in [1.29, 1.82) is 0 Å². The predicted octanol–water partition coefficient (Wildman–Crippen LogP) is 1.08. The van der Waals surface area contributed by atoms with Crippen molar-refractivity contribution >= 4 is 16.0 Å². The second-order valence-corrected chi connectivity index (χ2v) is 7.16. The molecule has 2 heterocycles. The lowest BCUT2D eigenvalue weighted by molar-refractivity contribution is -0.137. The number of aromatic nitrogens is 1. The summed E-state index contributed by atoms with van der Waals surface area (Å²) in [7, 11) is -0.680. The zero-order valence-corrected chi connectivity index (χ0v) is 12.9. The molecule has 1 N–H and O–H groups in total. The lowest BCUT2D eigenvalue weighted by Crippen LogP contribution is -2.43. The van der Waals surface area contributed by atoms with Crippen LogP contribution in [0.5, 0.6) is 0 Å². The number of anilines is 1. The van der Waals surface area contributed by atoms with Gasteiger partial charge in [-0.25, -0.2) is 4.98 Å². The van der Waals surface area contributed by atoms with Gasteiger partial charge in [-0.15, -0.1) is 0 Å². The molecule has 0 aliphatic carbocycles. The fourth-order valence-corrected chi connectivity index (χ4v) is 2.95. The van der Waals surface area contributed by atoms with Gasteiger partial charge >= 0.3 is 6.18 Å². The van der Waals surface area contributed by atoms with Crippen LogP contribution in [0.1, 0.15) is 12.0 Å². The number of halogens is 3. The summed E-state index contributed by atoms with van der Waals surface area (Å²) in [4.78, 5) is 5.56. The minimum atomic E-state index is -4.42. The summed E-state index contributed by atoms with van der Waals surface area (Å²) in [5.41, 5.74) is -0.805. The number of hydrogen-bond donors (Lipinski definition) is 1. The number of nitrogens with one attached hydrogen (secondary N) is 1.